The Morgan fingerprint density at radius 1 is 0.310 bits per heavy atom. The minimum absolute atomic E-state index is 0.503. The van der Waals surface area contributed by atoms with Crippen molar-refractivity contribution in [1.29, 1.82) is 5.26 Å². The average molecular weight is 904 g/mol. The Labute approximate surface area is 409 Å². The number of nitriles is 1. The van der Waals surface area contributed by atoms with Crippen LogP contribution in [0.2, 0.25) is 0 Å². The first-order valence-corrected chi connectivity index (χ1v) is 24.1. The first kappa shape index (κ1) is 40.4. The molecule has 0 aliphatic rings. The highest BCUT2D eigenvalue weighted by atomic mass is 16.3. The van der Waals surface area contributed by atoms with Crippen LogP contribution in [-0.2, 0) is 0 Å². The minimum atomic E-state index is 0.503. The van der Waals surface area contributed by atoms with Gasteiger partial charge in [0.2, 0.25) is 0 Å². The molecular formula is C67H41N3O. The second kappa shape index (κ2) is 16.2. The molecule has 11 aromatic carbocycles. The minimum Gasteiger partial charge on any atom is -0.453 e. The highest BCUT2D eigenvalue weighted by molar-refractivity contribution is 6.20. The van der Waals surface area contributed by atoms with Crippen LogP contribution in [0.15, 0.2) is 253 Å². The van der Waals surface area contributed by atoms with Crippen molar-refractivity contribution < 1.29 is 4.42 Å². The molecule has 4 nitrogen and oxygen atoms in total. The van der Waals surface area contributed by atoms with Gasteiger partial charge in [-0.1, -0.05) is 194 Å². The summed E-state index contributed by atoms with van der Waals surface area (Å²) >= 11 is 0. The van der Waals surface area contributed by atoms with E-state index in [2.05, 4.69) is 258 Å². The Bertz CT molecular complexity index is 4230. The van der Waals surface area contributed by atoms with E-state index in [4.69, 9.17) is 4.42 Å². The molecule has 0 radical (unpaired) electrons. The first-order chi connectivity index (χ1) is 35.2. The van der Waals surface area contributed by atoms with Gasteiger partial charge in [0.1, 0.15) is 17.3 Å². The first-order valence-electron chi connectivity index (χ1n) is 24.1. The third-order valence-corrected chi connectivity index (χ3v) is 14.4. The summed E-state index contributed by atoms with van der Waals surface area (Å²) in [5.74, 6) is 0. The number of hydrogen-bond donors (Lipinski definition) is 0. The fourth-order valence-electron chi connectivity index (χ4n) is 11.1. The molecule has 0 N–H and O–H groups in total. The van der Waals surface area contributed by atoms with Gasteiger partial charge in [-0.05, 0) is 105 Å². The van der Waals surface area contributed by atoms with Crippen molar-refractivity contribution >= 4 is 65.6 Å². The quantitative estimate of drug-likeness (QED) is 0.160. The highest BCUT2D eigenvalue weighted by Crippen LogP contribution is 2.48. The Kier molecular flexibility index (Phi) is 9.23. The molecule has 0 fully saturated rings. The van der Waals surface area contributed by atoms with E-state index in [0.717, 1.165) is 121 Å². The van der Waals surface area contributed by atoms with Gasteiger partial charge in [0.15, 0.2) is 5.58 Å². The Balaban J connectivity index is 1.12. The lowest BCUT2D eigenvalue weighted by Gasteiger charge is -2.16. The summed E-state index contributed by atoms with van der Waals surface area (Å²) in [6.07, 6.45) is 0. The van der Waals surface area contributed by atoms with E-state index >= 15 is 0 Å². The molecule has 14 rings (SSSR count). The smallest absolute Gasteiger partial charge is 0.162 e. The molecule has 71 heavy (non-hydrogen) atoms. The molecule has 330 valence electrons. The number of benzene rings is 11. The summed E-state index contributed by atoms with van der Waals surface area (Å²) in [5.41, 5.74) is 18.7. The van der Waals surface area contributed by atoms with Gasteiger partial charge < -0.3 is 13.6 Å². The van der Waals surface area contributed by atoms with Crippen molar-refractivity contribution in [2.45, 2.75) is 0 Å². The molecule has 3 aromatic heterocycles. The lowest BCUT2D eigenvalue weighted by Crippen LogP contribution is -2.03. The predicted octanol–water partition coefficient (Wildman–Crippen LogP) is 18.0. The topological polar surface area (TPSA) is 46.8 Å². The fraction of sp³-hybridized carbons (Fsp3) is 0. The van der Waals surface area contributed by atoms with E-state index in [1.54, 1.807) is 0 Å². The van der Waals surface area contributed by atoms with Crippen LogP contribution in [0.4, 0.5) is 0 Å². The summed E-state index contributed by atoms with van der Waals surface area (Å²) in [7, 11) is 0. The van der Waals surface area contributed by atoms with Crippen LogP contribution in [0.3, 0.4) is 0 Å². The number of furan rings is 1. The van der Waals surface area contributed by atoms with Crippen LogP contribution in [0.5, 0.6) is 0 Å². The van der Waals surface area contributed by atoms with Gasteiger partial charge >= 0.3 is 0 Å². The van der Waals surface area contributed by atoms with Crippen LogP contribution in [0, 0.1) is 11.3 Å². The van der Waals surface area contributed by atoms with Crippen LogP contribution in [-0.4, -0.2) is 9.13 Å². The zero-order valence-corrected chi connectivity index (χ0v) is 38.4. The number of aromatic nitrogens is 2. The van der Waals surface area contributed by atoms with Gasteiger partial charge in [0.25, 0.3) is 0 Å². The molecule has 4 heteroatoms. The van der Waals surface area contributed by atoms with Gasteiger partial charge in [-0.25, -0.2) is 0 Å². The van der Waals surface area contributed by atoms with E-state index in [1.165, 1.54) is 0 Å². The number of nitrogens with zero attached hydrogens (tertiary/aromatic N) is 3. The molecule has 0 aliphatic carbocycles. The Hall–Kier alpha value is -9.69. The lowest BCUT2D eigenvalue weighted by atomic mass is 10.0. The second-order valence-corrected chi connectivity index (χ2v) is 18.3. The zero-order chi connectivity index (χ0) is 47.0. The SMILES string of the molecule is N#Cc1cc(-n2c3ccc(-c4ccccc4)cc3c3cc(-c4ccccc4)ccc32)c2c(oc3c(-c4ccccc4)cccc32)c1-n1c2ccc(-c3ccccc3)cc2c2cc(-c3ccccc3)ccc21. The average Bonchev–Trinajstić information content (AvgIpc) is 4.11. The number of para-hydroxylation sites is 1. The van der Waals surface area contributed by atoms with Crippen LogP contribution in [0.25, 0.3) is 133 Å². The fourth-order valence-corrected chi connectivity index (χ4v) is 11.1. The van der Waals surface area contributed by atoms with Crippen molar-refractivity contribution in [2.24, 2.45) is 0 Å². The molecule has 0 bridgehead atoms. The maximum atomic E-state index is 11.7. The van der Waals surface area contributed by atoms with Crippen molar-refractivity contribution in [3.63, 3.8) is 0 Å². The molecule has 0 atom stereocenters. The maximum Gasteiger partial charge on any atom is 0.162 e. The summed E-state index contributed by atoms with van der Waals surface area (Å²) in [6.45, 7) is 0. The molecule has 0 spiro atoms. The van der Waals surface area contributed by atoms with Gasteiger partial charge in [0, 0.05) is 32.5 Å². The number of hydrogen-bond acceptors (Lipinski definition) is 2. The molecule has 0 saturated heterocycles. The molecule has 14 aromatic rings. The van der Waals surface area contributed by atoms with Gasteiger partial charge in [0.05, 0.1) is 38.7 Å². The van der Waals surface area contributed by atoms with Crippen LogP contribution >= 0.6 is 0 Å². The molecule has 0 unspecified atom stereocenters. The summed E-state index contributed by atoms with van der Waals surface area (Å²) in [5, 5.41) is 18.0. The molecule has 0 aliphatic heterocycles. The summed E-state index contributed by atoms with van der Waals surface area (Å²) in [4.78, 5) is 0. The third-order valence-electron chi connectivity index (χ3n) is 14.4. The second-order valence-electron chi connectivity index (χ2n) is 18.3. The lowest BCUT2D eigenvalue weighted by molar-refractivity contribution is 0.667. The van der Waals surface area contributed by atoms with Gasteiger partial charge in [-0.3, -0.25) is 0 Å². The van der Waals surface area contributed by atoms with Crippen LogP contribution in [0.1, 0.15) is 5.56 Å². The Morgan fingerprint density at radius 2 is 0.690 bits per heavy atom. The largest absolute Gasteiger partial charge is 0.453 e. The van der Waals surface area contributed by atoms with E-state index in [1.807, 2.05) is 6.07 Å². The van der Waals surface area contributed by atoms with Crippen molar-refractivity contribution in [3.05, 3.63) is 254 Å². The number of fused-ring (bicyclic) bond motifs is 9. The van der Waals surface area contributed by atoms with Gasteiger partial charge in [-0.15, -0.1) is 0 Å². The number of rotatable bonds is 7. The zero-order valence-electron chi connectivity index (χ0n) is 38.4. The van der Waals surface area contributed by atoms with Crippen molar-refractivity contribution in [3.8, 4) is 73.1 Å². The third kappa shape index (κ3) is 6.45. The highest BCUT2D eigenvalue weighted by Gasteiger charge is 2.28. The van der Waals surface area contributed by atoms with E-state index in [9.17, 15) is 5.26 Å². The van der Waals surface area contributed by atoms with E-state index < -0.39 is 0 Å². The summed E-state index contributed by atoms with van der Waals surface area (Å²) in [6, 6.07) is 90.9. The van der Waals surface area contributed by atoms with Crippen LogP contribution < -0.4 is 0 Å². The maximum absolute atomic E-state index is 11.7. The predicted molar refractivity (Wildman–Crippen MR) is 294 cm³/mol. The Morgan fingerprint density at radius 3 is 1.08 bits per heavy atom. The molecular weight excluding hydrogens is 863 g/mol. The molecule has 3 heterocycles. The van der Waals surface area contributed by atoms with Gasteiger partial charge in [-0.2, -0.15) is 5.26 Å². The van der Waals surface area contributed by atoms with Crippen molar-refractivity contribution in [2.75, 3.05) is 0 Å². The molecule has 0 saturated carbocycles. The van der Waals surface area contributed by atoms with Crippen molar-refractivity contribution in [1.82, 2.24) is 9.13 Å². The molecule has 0 amide bonds. The normalized spacial score (nSPS) is 11.6. The standard InChI is InChI=1S/C67H41N3O/c68-42-52-41-63(69-59-33-29-48(43-17-6-1-7-18-43)37-55(59)56-38-49(30-34-60(56)69)44-19-8-2-9-20-44)64-54-28-16-27-53(47-25-14-5-15-26-47)66(54)71-67(64)65(52)70-61-35-31-50(45-21-10-3-11-22-45)39-57(61)58-40-51(32-36-62(58)70)46-23-12-4-13-24-46/h1-41H. The van der Waals surface area contributed by atoms with E-state index in [0.29, 0.717) is 16.8 Å². The summed E-state index contributed by atoms with van der Waals surface area (Å²) < 4.78 is 12.1. The van der Waals surface area contributed by atoms with E-state index in [-0.39, 0.29) is 0 Å². The monoisotopic (exact) mass is 903 g/mol.